The fourth-order valence-electron chi connectivity index (χ4n) is 2.97. The Morgan fingerprint density at radius 3 is 2.67 bits per heavy atom. The van der Waals surface area contributed by atoms with Gasteiger partial charge in [0.05, 0.1) is 24.1 Å². The summed E-state index contributed by atoms with van der Waals surface area (Å²) in [4.78, 5) is 17.3. The summed E-state index contributed by atoms with van der Waals surface area (Å²) in [7, 11) is 1.55. The van der Waals surface area contributed by atoms with Gasteiger partial charge in [-0.15, -0.1) is 0 Å². The van der Waals surface area contributed by atoms with Crippen LogP contribution in [-0.2, 0) is 0 Å². The van der Waals surface area contributed by atoms with Crippen LogP contribution in [0.15, 0.2) is 42.6 Å². The van der Waals surface area contributed by atoms with Gasteiger partial charge in [-0.05, 0) is 17.5 Å². The van der Waals surface area contributed by atoms with E-state index in [2.05, 4.69) is 4.98 Å². The number of nitrogens with zero attached hydrogens (tertiary/aromatic N) is 1. The van der Waals surface area contributed by atoms with E-state index >= 15 is 0 Å². The van der Waals surface area contributed by atoms with Crippen LogP contribution in [-0.4, -0.2) is 17.9 Å². The summed E-state index contributed by atoms with van der Waals surface area (Å²) in [6, 6.07) is 11.2. The number of rotatable bonds is 1. The zero-order chi connectivity index (χ0) is 14.6. The van der Waals surface area contributed by atoms with Crippen LogP contribution in [0.2, 0.25) is 0 Å². The van der Waals surface area contributed by atoms with E-state index in [-0.39, 0.29) is 5.78 Å². The van der Waals surface area contributed by atoms with Crippen LogP contribution in [0.4, 0.5) is 5.69 Å². The Labute approximate surface area is 121 Å². The number of pyridine rings is 1. The standard InChI is InChI=1S/C17H12N2O2/c1-21-12-8-9-6-7-19-16-10-4-2-3-5-11(10)17(20)14(13(9)16)15(12)18/h2-8H,18H2,1H3. The van der Waals surface area contributed by atoms with Crippen molar-refractivity contribution in [2.75, 3.05) is 12.8 Å². The molecule has 1 aliphatic rings. The van der Waals surface area contributed by atoms with Crippen molar-refractivity contribution in [3.8, 4) is 17.0 Å². The van der Waals surface area contributed by atoms with E-state index in [4.69, 9.17) is 10.5 Å². The van der Waals surface area contributed by atoms with Crippen LogP contribution < -0.4 is 10.5 Å². The summed E-state index contributed by atoms with van der Waals surface area (Å²) < 4.78 is 5.30. The van der Waals surface area contributed by atoms with Crippen molar-refractivity contribution in [3.63, 3.8) is 0 Å². The van der Waals surface area contributed by atoms with Crippen molar-refractivity contribution >= 4 is 22.2 Å². The van der Waals surface area contributed by atoms with Gasteiger partial charge in [0.1, 0.15) is 5.75 Å². The zero-order valence-corrected chi connectivity index (χ0v) is 11.4. The second-order valence-electron chi connectivity index (χ2n) is 5.00. The van der Waals surface area contributed by atoms with Gasteiger partial charge in [0.15, 0.2) is 5.78 Å². The molecule has 0 radical (unpaired) electrons. The second-order valence-corrected chi connectivity index (χ2v) is 5.00. The lowest BCUT2D eigenvalue weighted by Gasteiger charge is -2.21. The molecule has 0 aliphatic heterocycles. The van der Waals surface area contributed by atoms with E-state index in [1.165, 1.54) is 0 Å². The number of carbonyl (C=O) groups excluding carboxylic acids is 1. The highest BCUT2D eigenvalue weighted by Gasteiger charge is 2.29. The minimum atomic E-state index is -0.0764. The molecule has 0 atom stereocenters. The van der Waals surface area contributed by atoms with E-state index in [1.54, 1.807) is 19.4 Å². The first kappa shape index (κ1) is 11.9. The van der Waals surface area contributed by atoms with Crippen molar-refractivity contribution < 1.29 is 9.53 Å². The molecule has 0 amide bonds. The molecule has 1 aromatic heterocycles. The third-order valence-corrected chi connectivity index (χ3v) is 3.93. The van der Waals surface area contributed by atoms with E-state index in [0.717, 1.165) is 22.0 Å². The van der Waals surface area contributed by atoms with Gasteiger partial charge in [-0.1, -0.05) is 24.3 Å². The second kappa shape index (κ2) is 4.06. The molecule has 4 nitrogen and oxygen atoms in total. The molecule has 102 valence electrons. The Morgan fingerprint density at radius 1 is 1.14 bits per heavy atom. The Hall–Kier alpha value is -2.88. The minimum absolute atomic E-state index is 0.0764. The first-order valence-electron chi connectivity index (χ1n) is 6.61. The van der Waals surface area contributed by atoms with Crippen LogP contribution >= 0.6 is 0 Å². The molecule has 1 aliphatic carbocycles. The van der Waals surface area contributed by atoms with Gasteiger partial charge in [0.25, 0.3) is 0 Å². The summed E-state index contributed by atoms with van der Waals surface area (Å²) in [5, 5.41) is 1.71. The molecule has 4 rings (SSSR count). The number of ether oxygens (including phenoxy) is 1. The zero-order valence-electron chi connectivity index (χ0n) is 11.4. The molecule has 2 aromatic carbocycles. The van der Waals surface area contributed by atoms with Crippen LogP contribution in [0.5, 0.6) is 5.75 Å². The van der Waals surface area contributed by atoms with E-state index in [1.807, 2.05) is 30.3 Å². The van der Waals surface area contributed by atoms with Gasteiger partial charge in [0, 0.05) is 22.7 Å². The largest absolute Gasteiger partial charge is 0.495 e. The average molecular weight is 276 g/mol. The number of hydrogen-bond donors (Lipinski definition) is 1. The number of nitrogen functional groups attached to an aromatic ring is 1. The van der Waals surface area contributed by atoms with Gasteiger partial charge in [0.2, 0.25) is 0 Å². The fraction of sp³-hybridized carbons (Fsp3) is 0.0588. The molecular formula is C17H12N2O2. The van der Waals surface area contributed by atoms with E-state index in [9.17, 15) is 4.79 Å². The minimum Gasteiger partial charge on any atom is -0.495 e. The maximum Gasteiger partial charge on any atom is 0.196 e. The monoisotopic (exact) mass is 276 g/mol. The first-order chi connectivity index (χ1) is 10.2. The van der Waals surface area contributed by atoms with E-state index in [0.29, 0.717) is 22.6 Å². The number of nitrogens with two attached hydrogens (primary N) is 1. The number of methoxy groups -OCH3 is 1. The van der Waals surface area contributed by atoms with Gasteiger partial charge in [-0.2, -0.15) is 0 Å². The molecule has 0 fully saturated rings. The lowest BCUT2D eigenvalue weighted by molar-refractivity contribution is 0.104. The number of ketones is 1. The third-order valence-electron chi connectivity index (χ3n) is 3.93. The van der Waals surface area contributed by atoms with Crippen molar-refractivity contribution in [3.05, 3.63) is 53.7 Å². The molecule has 0 bridgehead atoms. The molecule has 2 N–H and O–H groups in total. The lowest BCUT2D eigenvalue weighted by atomic mass is 9.84. The molecular weight excluding hydrogens is 264 g/mol. The predicted molar refractivity (Wildman–Crippen MR) is 81.6 cm³/mol. The van der Waals surface area contributed by atoms with Crippen molar-refractivity contribution in [2.24, 2.45) is 0 Å². The summed E-state index contributed by atoms with van der Waals surface area (Å²) >= 11 is 0. The molecule has 0 unspecified atom stereocenters. The number of fused-ring (bicyclic) bond motifs is 2. The Bertz CT molecular complexity index is 916. The van der Waals surface area contributed by atoms with Crippen LogP contribution in [0.3, 0.4) is 0 Å². The SMILES string of the molecule is COc1cc2ccnc3c2c(c1N)C(=O)c1ccccc1-3. The number of anilines is 1. The number of benzene rings is 2. The molecule has 1 heterocycles. The molecule has 0 saturated heterocycles. The summed E-state index contributed by atoms with van der Waals surface area (Å²) in [6.07, 6.45) is 1.74. The predicted octanol–water partition coefficient (Wildman–Crippen LogP) is 3.04. The van der Waals surface area contributed by atoms with Gasteiger partial charge >= 0.3 is 0 Å². The molecule has 21 heavy (non-hydrogen) atoms. The summed E-state index contributed by atoms with van der Waals surface area (Å²) in [5.41, 5.74) is 9.29. The maximum atomic E-state index is 12.8. The highest BCUT2D eigenvalue weighted by molar-refractivity contribution is 6.28. The van der Waals surface area contributed by atoms with Crippen LogP contribution in [0, 0.1) is 0 Å². The van der Waals surface area contributed by atoms with Crippen molar-refractivity contribution in [2.45, 2.75) is 0 Å². The first-order valence-corrected chi connectivity index (χ1v) is 6.61. The van der Waals surface area contributed by atoms with Crippen molar-refractivity contribution in [1.82, 2.24) is 4.98 Å². The molecule has 0 saturated carbocycles. The highest BCUT2D eigenvalue weighted by atomic mass is 16.5. The quantitative estimate of drug-likeness (QED) is 0.543. The highest BCUT2D eigenvalue weighted by Crippen LogP contribution is 2.43. The number of carbonyl (C=O) groups is 1. The maximum absolute atomic E-state index is 12.8. The lowest BCUT2D eigenvalue weighted by Crippen LogP contribution is -2.14. The topological polar surface area (TPSA) is 65.2 Å². The Kier molecular flexibility index (Phi) is 2.30. The van der Waals surface area contributed by atoms with Gasteiger partial charge in [-0.25, -0.2) is 0 Å². The van der Waals surface area contributed by atoms with E-state index < -0.39 is 0 Å². The third kappa shape index (κ3) is 1.44. The normalized spacial score (nSPS) is 12.3. The smallest absolute Gasteiger partial charge is 0.196 e. The Morgan fingerprint density at radius 2 is 1.90 bits per heavy atom. The number of aromatic nitrogens is 1. The average Bonchev–Trinajstić information content (AvgIpc) is 2.53. The number of hydrogen-bond acceptors (Lipinski definition) is 4. The van der Waals surface area contributed by atoms with Crippen LogP contribution in [0.25, 0.3) is 22.0 Å². The fourth-order valence-corrected chi connectivity index (χ4v) is 2.97. The van der Waals surface area contributed by atoms with Gasteiger partial charge in [-0.3, -0.25) is 9.78 Å². The summed E-state index contributed by atoms with van der Waals surface area (Å²) in [5.74, 6) is 0.440. The van der Waals surface area contributed by atoms with Crippen molar-refractivity contribution in [1.29, 1.82) is 0 Å². The molecule has 4 heteroatoms. The molecule has 0 spiro atoms. The Balaban J connectivity index is 2.25. The summed E-state index contributed by atoms with van der Waals surface area (Å²) in [6.45, 7) is 0. The van der Waals surface area contributed by atoms with Gasteiger partial charge < -0.3 is 10.5 Å². The molecule has 3 aromatic rings. The van der Waals surface area contributed by atoms with Crippen LogP contribution in [0.1, 0.15) is 15.9 Å².